The average Bonchev–Trinajstić information content (AvgIpc) is 3.09. The van der Waals surface area contributed by atoms with Crippen molar-refractivity contribution in [1.82, 2.24) is 25.4 Å². The number of nitrogens with zero attached hydrogens (tertiary/aromatic N) is 4. The van der Waals surface area contributed by atoms with Gasteiger partial charge < -0.3 is 24.7 Å². The van der Waals surface area contributed by atoms with Crippen LogP contribution in [0.1, 0.15) is 50.7 Å². The van der Waals surface area contributed by atoms with E-state index < -0.39 is 0 Å². The van der Waals surface area contributed by atoms with Gasteiger partial charge in [0.1, 0.15) is 12.4 Å². The Morgan fingerprint density at radius 2 is 2.22 bits per heavy atom. The van der Waals surface area contributed by atoms with Gasteiger partial charge in [-0.05, 0) is 51.4 Å². The number of aliphatic imine (C=N–C) groups is 1. The Labute approximate surface area is 162 Å². The van der Waals surface area contributed by atoms with Crippen molar-refractivity contribution < 1.29 is 9.47 Å². The molecule has 1 atom stereocenters. The van der Waals surface area contributed by atoms with Crippen molar-refractivity contribution in [2.45, 2.75) is 58.6 Å². The van der Waals surface area contributed by atoms with Gasteiger partial charge in [0, 0.05) is 40.0 Å². The van der Waals surface area contributed by atoms with E-state index in [-0.39, 0.29) is 6.10 Å². The van der Waals surface area contributed by atoms with Crippen molar-refractivity contribution in [3.05, 3.63) is 11.6 Å². The Balaban J connectivity index is 1.55. The Bertz CT molecular complexity index is 620. The summed E-state index contributed by atoms with van der Waals surface area (Å²) in [5.74, 6) is 2.59. The summed E-state index contributed by atoms with van der Waals surface area (Å²) in [7, 11) is 1.97. The lowest BCUT2D eigenvalue weighted by molar-refractivity contribution is 0.113. The molecular weight excluding hydrogens is 344 g/mol. The normalized spacial score (nSPS) is 21.4. The maximum Gasteiger partial charge on any atom is 0.191 e. The van der Waals surface area contributed by atoms with E-state index >= 15 is 0 Å². The lowest BCUT2D eigenvalue weighted by atomic mass is 10.0. The molecule has 1 unspecified atom stereocenters. The predicted molar refractivity (Wildman–Crippen MR) is 105 cm³/mol. The zero-order chi connectivity index (χ0) is 19.1. The summed E-state index contributed by atoms with van der Waals surface area (Å²) in [6.45, 7) is 8.71. The molecule has 1 saturated carbocycles. The van der Waals surface area contributed by atoms with Crippen molar-refractivity contribution in [2.24, 2.45) is 17.5 Å². The van der Waals surface area contributed by atoms with Crippen molar-refractivity contribution >= 4 is 5.96 Å². The summed E-state index contributed by atoms with van der Waals surface area (Å²) in [6, 6.07) is 0. The molecule has 2 fully saturated rings. The quantitative estimate of drug-likeness (QED) is 0.365. The average molecular weight is 379 g/mol. The van der Waals surface area contributed by atoms with E-state index in [4.69, 9.17) is 14.5 Å². The Morgan fingerprint density at radius 3 is 2.85 bits per heavy atom. The number of hydrogen-bond acceptors (Lipinski definition) is 5. The van der Waals surface area contributed by atoms with E-state index in [0.717, 1.165) is 69.8 Å². The second-order valence-corrected chi connectivity index (χ2v) is 7.70. The molecule has 8 nitrogen and oxygen atoms in total. The van der Waals surface area contributed by atoms with Gasteiger partial charge in [0.2, 0.25) is 0 Å². The summed E-state index contributed by atoms with van der Waals surface area (Å²) in [5.41, 5.74) is 0.364. The SMILES string of the molecule is CCOCCC1(CNC(=NCc2nnc(C)n2C)NCC2CCCO2)CC1. The highest BCUT2D eigenvalue weighted by molar-refractivity contribution is 5.79. The molecule has 2 aliphatic rings. The van der Waals surface area contributed by atoms with Crippen LogP contribution in [0.25, 0.3) is 0 Å². The molecule has 1 aromatic heterocycles. The van der Waals surface area contributed by atoms with Gasteiger partial charge in [-0.2, -0.15) is 0 Å². The fourth-order valence-corrected chi connectivity index (χ4v) is 3.32. The van der Waals surface area contributed by atoms with Crippen molar-refractivity contribution in [2.75, 3.05) is 32.9 Å². The monoisotopic (exact) mass is 378 g/mol. The molecule has 8 heteroatoms. The topological polar surface area (TPSA) is 85.6 Å². The minimum Gasteiger partial charge on any atom is -0.382 e. The fraction of sp³-hybridized carbons (Fsp3) is 0.842. The molecule has 0 amide bonds. The first kappa shape index (κ1) is 20.1. The van der Waals surface area contributed by atoms with Crippen LogP contribution >= 0.6 is 0 Å². The van der Waals surface area contributed by atoms with Crippen LogP contribution in [0, 0.1) is 12.3 Å². The van der Waals surface area contributed by atoms with Gasteiger partial charge in [0.15, 0.2) is 11.8 Å². The van der Waals surface area contributed by atoms with E-state index in [1.165, 1.54) is 12.8 Å². The molecule has 152 valence electrons. The van der Waals surface area contributed by atoms with Crippen molar-refractivity contribution in [3.8, 4) is 0 Å². The summed E-state index contributed by atoms with van der Waals surface area (Å²) in [5, 5.41) is 15.3. The number of aryl methyl sites for hydroxylation is 1. The summed E-state index contributed by atoms with van der Waals surface area (Å²) >= 11 is 0. The molecule has 1 aromatic rings. The molecule has 1 aliphatic carbocycles. The Morgan fingerprint density at radius 1 is 1.37 bits per heavy atom. The van der Waals surface area contributed by atoms with E-state index in [9.17, 15) is 0 Å². The zero-order valence-electron chi connectivity index (χ0n) is 17.0. The van der Waals surface area contributed by atoms with Gasteiger partial charge in [-0.3, -0.25) is 0 Å². The van der Waals surface area contributed by atoms with Gasteiger partial charge in [0.05, 0.1) is 6.10 Å². The van der Waals surface area contributed by atoms with Crippen LogP contribution in [0.5, 0.6) is 0 Å². The highest BCUT2D eigenvalue weighted by atomic mass is 16.5. The van der Waals surface area contributed by atoms with Gasteiger partial charge in [0.25, 0.3) is 0 Å². The van der Waals surface area contributed by atoms with Gasteiger partial charge in [-0.1, -0.05) is 0 Å². The molecule has 0 aromatic carbocycles. The molecule has 0 bridgehead atoms. The third kappa shape index (κ3) is 5.90. The number of aromatic nitrogens is 3. The molecule has 27 heavy (non-hydrogen) atoms. The van der Waals surface area contributed by atoms with Crippen LogP contribution in [0.3, 0.4) is 0 Å². The van der Waals surface area contributed by atoms with Crippen molar-refractivity contribution in [3.63, 3.8) is 0 Å². The second kappa shape index (κ2) is 9.50. The van der Waals surface area contributed by atoms with Crippen molar-refractivity contribution in [1.29, 1.82) is 0 Å². The van der Waals surface area contributed by atoms with Gasteiger partial charge >= 0.3 is 0 Å². The largest absolute Gasteiger partial charge is 0.382 e. The van der Waals surface area contributed by atoms with E-state index in [0.29, 0.717) is 12.0 Å². The number of ether oxygens (including phenoxy) is 2. The van der Waals surface area contributed by atoms with Gasteiger partial charge in [-0.25, -0.2) is 4.99 Å². The Hall–Kier alpha value is -1.67. The molecular formula is C19H34N6O2. The van der Waals surface area contributed by atoms with Crippen LogP contribution < -0.4 is 10.6 Å². The molecule has 2 N–H and O–H groups in total. The highest BCUT2D eigenvalue weighted by Crippen LogP contribution is 2.48. The maximum absolute atomic E-state index is 5.72. The summed E-state index contributed by atoms with van der Waals surface area (Å²) < 4.78 is 13.2. The number of rotatable bonds is 10. The maximum atomic E-state index is 5.72. The first-order chi connectivity index (χ1) is 13.1. The van der Waals surface area contributed by atoms with Crippen LogP contribution in [-0.2, 0) is 23.1 Å². The zero-order valence-corrected chi connectivity index (χ0v) is 17.0. The molecule has 2 heterocycles. The lowest BCUT2D eigenvalue weighted by Crippen LogP contribution is -2.43. The lowest BCUT2D eigenvalue weighted by Gasteiger charge is -2.20. The van der Waals surface area contributed by atoms with Crippen LogP contribution in [0.4, 0.5) is 0 Å². The first-order valence-corrected chi connectivity index (χ1v) is 10.2. The van der Waals surface area contributed by atoms with E-state index in [1.807, 2.05) is 25.5 Å². The minimum absolute atomic E-state index is 0.280. The van der Waals surface area contributed by atoms with Crippen LogP contribution in [0.15, 0.2) is 4.99 Å². The van der Waals surface area contributed by atoms with E-state index in [2.05, 4.69) is 20.8 Å². The van der Waals surface area contributed by atoms with Gasteiger partial charge in [-0.15, -0.1) is 10.2 Å². The number of guanidine groups is 1. The Kier molecular flexibility index (Phi) is 7.07. The molecule has 1 saturated heterocycles. The fourth-order valence-electron chi connectivity index (χ4n) is 3.32. The molecule has 0 radical (unpaired) electrons. The molecule has 3 rings (SSSR count). The number of nitrogens with one attached hydrogen (secondary N) is 2. The van der Waals surface area contributed by atoms with Crippen LogP contribution in [0.2, 0.25) is 0 Å². The minimum atomic E-state index is 0.280. The standard InChI is InChI=1S/C19H34N6O2/c1-4-26-11-9-19(7-8-19)14-22-18(20-12-16-6-5-10-27-16)21-13-17-24-23-15(2)25(17)3/h16H,4-14H2,1-3H3,(H2,20,21,22). The molecule has 0 spiro atoms. The summed E-state index contributed by atoms with van der Waals surface area (Å²) in [6.07, 6.45) is 6.16. The second-order valence-electron chi connectivity index (χ2n) is 7.70. The summed E-state index contributed by atoms with van der Waals surface area (Å²) in [4.78, 5) is 4.74. The molecule has 1 aliphatic heterocycles. The first-order valence-electron chi connectivity index (χ1n) is 10.2. The third-order valence-electron chi connectivity index (χ3n) is 5.65. The van der Waals surface area contributed by atoms with E-state index in [1.54, 1.807) is 0 Å². The number of hydrogen-bond donors (Lipinski definition) is 2. The predicted octanol–water partition coefficient (Wildman–Crippen LogP) is 1.54. The van der Waals surface area contributed by atoms with Crippen LogP contribution in [-0.4, -0.2) is 59.7 Å². The highest BCUT2D eigenvalue weighted by Gasteiger charge is 2.42. The smallest absolute Gasteiger partial charge is 0.191 e. The third-order valence-corrected chi connectivity index (χ3v) is 5.65.